The van der Waals surface area contributed by atoms with E-state index in [1.54, 1.807) is 12.1 Å². The zero-order chi connectivity index (χ0) is 22.9. The summed E-state index contributed by atoms with van der Waals surface area (Å²) in [4.78, 5) is 13.8. The number of alkyl halides is 3. The van der Waals surface area contributed by atoms with E-state index in [-0.39, 0.29) is 16.0 Å². The molecule has 4 rings (SSSR count). The van der Waals surface area contributed by atoms with E-state index in [1.165, 1.54) is 29.1 Å². The van der Waals surface area contributed by atoms with Crippen LogP contribution >= 0.6 is 10.5 Å². The Labute approximate surface area is 186 Å². The molecule has 2 nitrogen and oxygen atoms in total. The highest BCUT2D eigenvalue weighted by Gasteiger charge is 2.33. The Morgan fingerprint density at radius 1 is 0.906 bits per heavy atom. The summed E-state index contributed by atoms with van der Waals surface area (Å²) in [5, 5.41) is 3.32. The summed E-state index contributed by atoms with van der Waals surface area (Å²) < 4.78 is 45.2. The van der Waals surface area contributed by atoms with Crippen LogP contribution in [0.4, 0.5) is 13.2 Å². The molecule has 0 aliphatic carbocycles. The van der Waals surface area contributed by atoms with Crippen molar-refractivity contribution in [2.24, 2.45) is 0 Å². The van der Waals surface area contributed by atoms with Crippen LogP contribution < -0.4 is 0 Å². The monoisotopic (exact) mass is 451 g/mol. The topological polar surface area (TPSA) is 26.3 Å². The molecule has 0 amide bonds. The Hall–Kier alpha value is -3.56. The van der Waals surface area contributed by atoms with Crippen LogP contribution in [0.3, 0.4) is 0 Å². The average molecular weight is 451 g/mol. The van der Waals surface area contributed by atoms with Gasteiger partial charge in [-0.2, -0.15) is 13.2 Å². The minimum atomic E-state index is -4.46. The molecule has 3 aromatic carbocycles. The van der Waals surface area contributed by atoms with Gasteiger partial charge in [-0.3, -0.25) is 0 Å². The third-order valence-electron chi connectivity index (χ3n) is 5.22. The van der Waals surface area contributed by atoms with Crippen molar-refractivity contribution in [2.75, 3.05) is 0 Å². The quantitative estimate of drug-likeness (QED) is 0.185. The predicted octanol–water partition coefficient (Wildman–Crippen LogP) is 7.30. The Morgan fingerprint density at radius 3 is 2.16 bits per heavy atom. The van der Waals surface area contributed by atoms with Crippen LogP contribution in [-0.4, -0.2) is 5.97 Å². The van der Waals surface area contributed by atoms with Crippen LogP contribution in [0.15, 0.2) is 84.2 Å². The maximum atomic E-state index is 12.8. The largest absolute Gasteiger partial charge is 0.438 e. The molecule has 0 aliphatic heterocycles. The number of carbonyl (C=O) groups excluding carboxylic acids is 1. The summed E-state index contributed by atoms with van der Waals surface area (Å²) in [6.45, 7) is 1.48. The summed E-state index contributed by atoms with van der Waals surface area (Å²) in [7, 11) is -0.204. The number of fused-ring (bicyclic) bond motifs is 1. The first-order valence-electron chi connectivity index (χ1n) is 9.70. The molecule has 0 N–H and O–H groups in total. The molecule has 0 saturated carbocycles. The molecule has 1 aromatic heterocycles. The molecule has 0 fully saturated rings. The molecule has 4 aromatic rings. The van der Waals surface area contributed by atoms with E-state index in [0.717, 1.165) is 17.0 Å². The van der Waals surface area contributed by atoms with E-state index in [4.69, 9.17) is 11.2 Å². The summed E-state index contributed by atoms with van der Waals surface area (Å²) >= 11 is 0. The van der Waals surface area contributed by atoms with Crippen LogP contribution in [0.2, 0.25) is 0 Å². The molecule has 1 heterocycles. The molecule has 160 valence electrons. The molecule has 0 aliphatic rings. The Kier molecular flexibility index (Phi) is 5.53. The minimum Gasteiger partial charge on any atom is -0.438 e. The number of thiophene rings is 1. The van der Waals surface area contributed by atoms with Gasteiger partial charge in [0.05, 0.1) is 11.1 Å². The highest BCUT2D eigenvalue weighted by atomic mass is 32.2. The molecule has 0 radical (unpaired) electrons. The highest BCUT2D eigenvalue weighted by Crippen LogP contribution is 2.39. The number of hydrogen-bond acceptors (Lipinski definition) is 2. The number of carbonyl (C=O) groups is 1. The number of benzene rings is 3. The molecule has 2 unspecified atom stereocenters. The van der Waals surface area contributed by atoms with Gasteiger partial charge in [-0.1, -0.05) is 30.2 Å². The first-order valence-corrected chi connectivity index (χ1v) is 11.0. The smallest absolute Gasteiger partial charge is 0.416 e. The van der Waals surface area contributed by atoms with Crippen LogP contribution in [0, 0.1) is 12.3 Å². The van der Waals surface area contributed by atoms with Crippen molar-refractivity contribution in [1.82, 2.24) is 0 Å². The summed E-state index contributed by atoms with van der Waals surface area (Å²) in [6.07, 6.45) is 1.13. The molecule has 6 heteroatoms. The molecule has 32 heavy (non-hydrogen) atoms. The Balaban J connectivity index is 1.55. The van der Waals surface area contributed by atoms with E-state index < -0.39 is 23.3 Å². The molecule has 0 spiro atoms. The van der Waals surface area contributed by atoms with Gasteiger partial charge in [0, 0.05) is 27.5 Å². The fourth-order valence-corrected chi connectivity index (χ4v) is 5.25. The van der Waals surface area contributed by atoms with E-state index >= 15 is 0 Å². The summed E-state index contributed by atoms with van der Waals surface area (Å²) in [5.74, 6) is 1.74. The zero-order valence-corrected chi connectivity index (χ0v) is 17.8. The third kappa shape index (κ3) is 4.12. The summed E-state index contributed by atoms with van der Waals surface area (Å²) in [5.41, 5.74) is -1.71. The first-order chi connectivity index (χ1) is 15.2. The van der Waals surface area contributed by atoms with Crippen LogP contribution in [0.1, 0.15) is 28.4 Å². The van der Waals surface area contributed by atoms with Crippen molar-refractivity contribution in [1.29, 1.82) is 0 Å². The second kappa shape index (κ2) is 8.18. The summed E-state index contributed by atoms with van der Waals surface area (Å²) in [6, 6.07) is 21.6. The van der Waals surface area contributed by atoms with Gasteiger partial charge in [0.1, 0.15) is 5.38 Å². The SMILES string of the molecule is C#CC(C)(OC(=O)c1ccc(-[s+]2ccc3ccccc32)cc1)c1ccc(C(F)(F)F)cc1. The van der Waals surface area contributed by atoms with Gasteiger partial charge in [-0.25, -0.2) is 4.79 Å². The normalized spacial score (nSPS) is 13.9. The number of terminal acetylenes is 1. The number of rotatable bonds is 4. The van der Waals surface area contributed by atoms with E-state index in [0.29, 0.717) is 5.56 Å². The van der Waals surface area contributed by atoms with Gasteiger partial charge in [0.15, 0.2) is 15.2 Å². The molecule has 0 saturated heterocycles. The lowest BCUT2D eigenvalue weighted by Gasteiger charge is -2.25. The van der Waals surface area contributed by atoms with Crippen molar-refractivity contribution in [3.8, 4) is 17.2 Å². The van der Waals surface area contributed by atoms with E-state index in [9.17, 15) is 18.0 Å². The molecule has 0 bridgehead atoms. The first kappa shape index (κ1) is 21.7. The molecular weight excluding hydrogens is 433 g/mol. The second-order valence-electron chi connectivity index (χ2n) is 7.34. The van der Waals surface area contributed by atoms with Crippen molar-refractivity contribution in [3.05, 3.63) is 101 Å². The minimum absolute atomic E-state index is 0.204. The number of hydrogen-bond donors (Lipinski definition) is 0. The van der Waals surface area contributed by atoms with Crippen molar-refractivity contribution < 1.29 is 22.7 Å². The highest BCUT2D eigenvalue weighted by molar-refractivity contribution is 7.43. The van der Waals surface area contributed by atoms with Gasteiger partial charge >= 0.3 is 12.1 Å². The van der Waals surface area contributed by atoms with Gasteiger partial charge in [-0.05, 0) is 55.5 Å². The van der Waals surface area contributed by atoms with E-state index in [2.05, 4.69) is 29.5 Å². The fourth-order valence-electron chi connectivity index (χ4n) is 3.37. The van der Waals surface area contributed by atoms with Gasteiger partial charge < -0.3 is 4.74 Å². The van der Waals surface area contributed by atoms with Crippen LogP contribution in [-0.2, 0) is 16.5 Å². The maximum absolute atomic E-state index is 12.8. The zero-order valence-electron chi connectivity index (χ0n) is 17.0. The van der Waals surface area contributed by atoms with Crippen molar-refractivity contribution in [3.63, 3.8) is 0 Å². The van der Waals surface area contributed by atoms with Crippen LogP contribution in [0.5, 0.6) is 0 Å². The maximum Gasteiger partial charge on any atom is 0.416 e. The van der Waals surface area contributed by atoms with Crippen LogP contribution in [0.25, 0.3) is 15.0 Å². The fraction of sp³-hybridized carbons (Fsp3) is 0.115. The van der Waals surface area contributed by atoms with E-state index in [1.807, 2.05) is 24.3 Å². The second-order valence-corrected chi connectivity index (χ2v) is 9.20. The molecular formula is C26H18F3O2S+. The standard InChI is InChI=1S/C26H18F3O2S/c1-3-25(2,20-10-12-21(13-11-20)26(27,28)29)31-24(30)19-8-14-22(15-9-19)32-17-16-18-6-4-5-7-23(18)32/h1,4-17H,2H3/q+1. The Morgan fingerprint density at radius 2 is 1.53 bits per heavy atom. The van der Waals surface area contributed by atoms with Gasteiger partial charge in [0.25, 0.3) is 0 Å². The average Bonchev–Trinajstić information content (AvgIpc) is 3.23. The number of esters is 1. The predicted molar refractivity (Wildman–Crippen MR) is 121 cm³/mol. The molecule has 2 atom stereocenters. The number of halogens is 3. The van der Waals surface area contributed by atoms with Gasteiger partial charge in [-0.15, -0.1) is 6.42 Å². The lowest BCUT2D eigenvalue weighted by Crippen LogP contribution is -2.27. The van der Waals surface area contributed by atoms with Gasteiger partial charge in [0.2, 0.25) is 0 Å². The number of ether oxygens (including phenoxy) is 1. The lowest BCUT2D eigenvalue weighted by atomic mass is 9.95. The Bertz CT molecular complexity index is 1310. The van der Waals surface area contributed by atoms with Crippen molar-refractivity contribution in [2.45, 2.75) is 18.7 Å². The third-order valence-corrected chi connectivity index (χ3v) is 7.25. The lowest BCUT2D eigenvalue weighted by molar-refractivity contribution is -0.137. The van der Waals surface area contributed by atoms with Crippen molar-refractivity contribution >= 4 is 26.5 Å².